The van der Waals surface area contributed by atoms with Gasteiger partial charge >= 0.3 is 0 Å². The number of fused-ring (bicyclic) bond motifs is 1. The van der Waals surface area contributed by atoms with Crippen LogP contribution < -0.4 is 0 Å². The van der Waals surface area contributed by atoms with E-state index < -0.39 is 0 Å². The van der Waals surface area contributed by atoms with Gasteiger partial charge in [0.1, 0.15) is 0 Å². The quantitative estimate of drug-likeness (QED) is 0.675. The molecule has 0 bridgehead atoms. The van der Waals surface area contributed by atoms with E-state index in [-0.39, 0.29) is 0 Å². The summed E-state index contributed by atoms with van der Waals surface area (Å²) in [5, 5.41) is 0. The Morgan fingerprint density at radius 1 is 1.20 bits per heavy atom. The predicted molar refractivity (Wildman–Crippen MR) is 62.6 cm³/mol. The molecule has 2 unspecified atom stereocenters. The Morgan fingerprint density at radius 3 is 2.33 bits per heavy atom. The summed E-state index contributed by atoms with van der Waals surface area (Å²) in [6, 6.07) is 11.0. The lowest BCUT2D eigenvalue weighted by Gasteiger charge is -2.25. The highest BCUT2D eigenvalue weighted by Crippen LogP contribution is 2.68. The van der Waals surface area contributed by atoms with Crippen molar-refractivity contribution in [3.8, 4) is 0 Å². The predicted octanol–water partition coefficient (Wildman–Crippen LogP) is 2.87. The highest BCUT2D eigenvalue weighted by Gasteiger charge is 2.68. The second-order valence-electron chi connectivity index (χ2n) is 5.89. The zero-order valence-corrected chi connectivity index (χ0v) is 9.83. The molecule has 1 aromatic rings. The van der Waals surface area contributed by atoms with Crippen molar-refractivity contribution in [1.82, 2.24) is 4.90 Å². The van der Waals surface area contributed by atoms with Crippen LogP contribution in [-0.4, -0.2) is 18.5 Å². The molecule has 1 nitrogen and oxygen atoms in total. The maximum Gasteiger partial charge on any atom is 0.0496 e. The highest BCUT2D eigenvalue weighted by molar-refractivity contribution is 5.36. The molecule has 0 amide bonds. The topological polar surface area (TPSA) is 3.24 Å². The Labute approximate surface area is 92.1 Å². The van der Waals surface area contributed by atoms with Gasteiger partial charge < -0.3 is 0 Å². The smallest absolute Gasteiger partial charge is 0.0496 e. The normalized spacial score (nSPS) is 37.7. The maximum absolute atomic E-state index is 2.56. The van der Waals surface area contributed by atoms with Gasteiger partial charge in [-0.15, -0.1) is 0 Å². The van der Waals surface area contributed by atoms with Crippen LogP contribution in [0, 0.1) is 11.3 Å². The average molecular weight is 201 g/mol. The molecule has 1 aliphatic carbocycles. The second-order valence-corrected chi connectivity index (χ2v) is 5.89. The van der Waals surface area contributed by atoms with Crippen LogP contribution >= 0.6 is 0 Å². The SMILES string of the molecule is CN1CC(C)(C)C2CC21c1ccccc1. The molecule has 1 heterocycles. The van der Waals surface area contributed by atoms with E-state index in [0.29, 0.717) is 11.0 Å². The number of likely N-dealkylation sites (tertiary alicyclic amines) is 1. The molecule has 1 heteroatoms. The molecular weight excluding hydrogens is 182 g/mol. The summed E-state index contributed by atoms with van der Waals surface area (Å²) >= 11 is 0. The molecular formula is C14H19N. The van der Waals surface area contributed by atoms with Crippen LogP contribution in [0.1, 0.15) is 25.8 Å². The second kappa shape index (κ2) is 2.65. The fourth-order valence-electron chi connectivity index (χ4n) is 3.73. The van der Waals surface area contributed by atoms with Crippen molar-refractivity contribution in [1.29, 1.82) is 0 Å². The summed E-state index contributed by atoms with van der Waals surface area (Å²) in [6.07, 6.45) is 1.35. The zero-order valence-electron chi connectivity index (χ0n) is 9.83. The first-order valence-corrected chi connectivity index (χ1v) is 5.84. The van der Waals surface area contributed by atoms with Crippen molar-refractivity contribution in [2.75, 3.05) is 13.6 Å². The Kier molecular flexibility index (Phi) is 1.66. The molecule has 0 radical (unpaired) electrons. The minimum atomic E-state index is 0.380. The van der Waals surface area contributed by atoms with Crippen LogP contribution in [0.2, 0.25) is 0 Å². The van der Waals surface area contributed by atoms with Crippen molar-refractivity contribution in [2.45, 2.75) is 25.8 Å². The molecule has 0 N–H and O–H groups in total. The van der Waals surface area contributed by atoms with Crippen molar-refractivity contribution in [3.05, 3.63) is 35.9 Å². The van der Waals surface area contributed by atoms with Gasteiger partial charge in [-0.25, -0.2) is 0 Å². The monoisotopic (exact) mass is 201 g/mol. The van der Waals surface area contributed by atoms with Gasteiger partial charge in [0, 0.05) is 12.1 Å². The molecule has 1 aromatic carbocycles. The molecule has 2 aliphatic rings. The van der Waals surface area contributed by atoms with Gasteiger partial charge in [-0.05, 0) is 30.4 Å². The minimum Gasteiger partial charge on any atom is -0.296 e. The molecule has 80 valence electrons. The van der Waals surface area contributed by atoms with Crippen LogP contribution in [0.5, 0.6) is 0 Å². The van der Waals surface area contributed by atoms with Crippen LogP contribution in [0.15, 0.2) is 30.3 Å². The van der Waals surface area contributed by atoms with Crippen molar-refractivity contribution in [3.63, 3.8) is 0 Å². The molecule has 3 rings (SSSR count). The van der Waals surface area contributed by atoms with Gasteiger partial charge in [0.15, 0.2) is 0 Å². The fraction of sp³-hybridized carbons (Fsp3) is 0.571. The van der Waals surface area contributed by atoms with E-state index in [4.69, 9.17) is 0 Å². The van der Waals surface area contributed by atoms with E-state index in [2.05, 4.69) is 56.1 Å². The first kappa shape index (κ1) is 9.41. The summed E-state index contributed by atoms with van der Waals surface area (Å²) in [5.74, 6) is 0.859. The number of piperidine rings is 1. The Hall–Kier alpha value is -0.820. The van der Waals surface area contributed by atoms with Gasteiger partial charge in [0.05, 0.1) is 0 Å². The first-order valence-electron chi connectivity index (χ1n) is 5.84. The summed E-state index contributed by atoms with van der Waals surface area (Å²) in [6.45, 7) is 6.05. The number of rotatable bonds is 1. The molecule has 2 fully saturated rings. The molecule has 0 spiro atoms. The first-order chi connectivity index (χ1) is 7.07. The van der Waals surface area contributed by atoms with Crippen LogP contribution in [-0.2, 0) is 5.54 Å². The van der Waals surface area contributed by atoms with E-state index in [1.54, 1.807) is 0 Å². The fourth-order valence-corrected chi connectivity index (χ4v) is 3.73. The summed E-state index contributed by atoms with van der Waals surface area (Å²) in [5.41, 5.74) is 2.39. The maximum atomic E-state index is 2.56. The van der Waals surface area contributed by atoms with E-state index in [1.807, 2.05) is 0 Å². The number of hydrogen-bond donors (Lipinski definition) is 0. The number of hydrogen-bond acceptors (Lipinski definition) is 1. The van der Waals surface area contributed by atoms with Gasteiger partial charge in [0.25, 0.3) is 0 Å². The molecule has 1 saturated heterocycles. The molecule has 1 aliphatic heterocycles. The summed E-state index contributed by atoms with van der Waals surface area (Å²) in [4.78, 5) is 2.56. The van der Waals surface area contributed by atoms with Crippen molar-refractivity contribution >= 4 is 0 Å². The average Bonchev–Trinajstić information content (AvgIpc) is 2.91. The summed E-state index contributed by atoms with van der Waals surface area (Å²) < 4.78 is 0. The Balaban J connectivity index is 2.02. The summed E-state index contributed by atoms with van der Waals surface area (Å²) in [7, 11) is 2.28. The number of benzene rings is 1. The van der Waals surface area contributed by atoms with E-state index in [0.717, 1.165) is 5.92 Å². The van der Waals surface area contributed by atoms with Gasteiger partial charge in [-0.3, -0.25) is 4.90 Å². The lowest BCUT2D eigenvalue weighted by atomic mass is 9.87. The minimum absolute atomic E-state index is 0.380. The van der Waals surface area contributed by atoms with Crippen LogP contribution in [0.25, 0.3) is 0 Å². The van der Waals surface area contributed by atoms with Gasteiger partial charge in [-0.2, -0.15) is 0 Å². The van der Waals surface area contributed by atoms with Crippen molar-refractivity contribution < 1.29 is 0 Å². The van der Waals surface area contributed by atoms with Crippen molar-refractivity contribution in [2.24, 2.45) is 11.3 Å². The molecule has 15 heavy (non-hydrogen) atoms. The third kappa shape index (κ3) is 1.07. The number of nitrogens with zero attached hydrogens (tertiary/aromatic N) is 1. The largest absolute Gasteiger partial charge is 0.296 e. The third-order valence-electron chi connectivity index (χ3n) is 4.47. The highest BCUT2D eigenvalue weighted by atomic mass is 15.3. The van der Waals surface area contributed by atoms with Crippen LogP contribution in [0.4, 0.5) is 0 Å². The van der Waals surface area contributed by atoms with Gasteiger partial charge in [-0.1, -0.05) is 44.2 Å². The standard InChI is InChI=1S/C14H19N/c1-13(2)10-15(3)14(9-12(13)14)11-7-5-4-6-8-11/h4-8,12H,9-10H2,1-3H3. The van der Waals surface area contributed by atoms with E-state index in [9.17, 15) is 0 Å². The van der Waals surface area contributed by atoms with Crippen LogP contribution in [0.3, 0.4) is 0 Å². The lowest BCUT2D eigenvalue weighted by molar-refractivity contribution is 0.228. The Bertz CT molecular complexity index is 382. The third-order valence-corrected chi connectivity index (χ3v) is 4.47. The van der Waals surface area contributed by atoms with E-state index >= 15 is 0 Å². The molecule has 2 atom stereocenters. The van der Waals surface area contributed by atoms with E-state index in [1.165, 1.54) is 18.5 Å². The van der Waals surface area contributed by atoms with Gasteiger partial charge in [0.2, 0.25) is 0 Å². The lowest BCUT2D eigenvalue weighted by Crippen LogP contribution is -2.30. The zero-order chi connectivity index (χ0) is 10.7. The Morgan fingerprint density at radius 2 is 1.87 bits per heavy atom. The molecule has 1 saturated carbocycles. The molecule has 0 aromatic heterocycles.